The molecule has 0 aliphatic heterocycles. The van der Waals surface area contributed by atoms with Crippen molar-refractivity contribution in [3.8, 4) is 23.0 Å². The molecule has 0 aliphatic carbocycles. The topological polar surface area (TPSA) is 110 Å². The van der Waals surface area contributed by atoms with Crippen molar-refractivity contribution >= 4 is 28.6 Å². The molecular weight excluding hydrogens is 565 g/mol. The van der Waals surface area contributed by atoms with E-state index in [-0.39, 0.29) is 18.3 Å². The molecule has 0 atom stereocenters. The molecular formula is C30H27ClFN5O5. The van der Waals surface area contributed by atoms with E-state index in [0.717, 1.165) is 5.52 Å². The van der Waals surface area contributed by atoms with Crippen molar-refractivity contribution < 1.29 is 28.1 Å². The molecule has 0 saturated carbocycles. The molecule has 0 aliphatic rings. The van der Waals surface area contributed by atoms with Gasteiger partial charge in [0.15, 0.2) is 0 Å². The Balaban J connectivity index is 1.37. The van der Waals surface area contributed by atoms with Gasteiger partial charge in [-0.1, -0.05) is 18.2 Å². The number of fused-ring (bicyclic) bond motifs is 1. The Morgan fingerprint density at radius 2 is 1.86 bits per heavy atom. The second-order valence-corrected chi connectivity index (χ2v) is 9.51. The summed E-state index contributed by atoms with van der Waals surface area (Å²) in [5.74, 6) is 0.451. The van der Waals surface area contributed by atoms with Crippen LogP contribution in [0.4, 0.5) is 4.39 Å². The normalized spacial score (nSPS) is 11.1. The molecule has 216 valence electrons. The van der Waals surface area contributed by atoms with Crippen LogP contribution in [0, 0.1) is 5.82 Å². The van der Waals surface area contributed by atoms with Crippen molar-refractivity contribution in [3.63, 3.8) is 0 Å². The van der Waals surface area contributed by atoms with E-state index in [0.29, 0.717) is 64.2 Å². The first kappa shape index (κ1) is 28.9. The molecule has 10 nitrogen and oxygen atoms in total. The van der Waals surface area contributed by atoms with Gasteiger partial charge in [-0.25, -0.2) is 24.1 Å². The van der Waals surface area contributed by atoms with Crippen LogP contribution in [0.25, 0.3) is 22.3 Å². The summed E-state index contributed by atoms with van der Waals surface area (Å²) in [6, 6.07) is 15.4. The Hall–Kier alpha value is -4.61. The molecule has 12 heteroatoms. The van der Waals surface area contributed by atoms with Gasteiger partial charge in [-0.05, 0) is 47.5 Å². The zero-order chi connectivity index (χ0) is 29.6. The highest BCUT2D eigenvalue weighted by atomic mass is 35.5. The van der Waals surface area contributed by atoms with Crippen molar-refractivity contribution in [1.29, 1.82) is 0 Å². The lowest BCUT2D eigenvalue weighted by molar-refractivity contribution is 0.0601. The van der Waals surface area contributed by atoms with E-state index in [2.05, 4.69) is 15.0 Å². The second kappa shape index (κ2) is 12.9. The van der Waals surface area contributed by atoms with Crippen LogP contribution in [0.2, 0.25) is 5.28 Å². The summed E-state index contributed by atoms with van der Waals surface area (Å²) in [6.07, 6.45) is 1.76. The summed E-state index contributed by atoms with van der Waals surface area (Å²) in [5, 5.41) is 0.0705. The minimum absolute atomic E-state index is 0.0705. The lowest BCUT2D eigenvalue weighted by Crippen LogP contribution is -2.10. The molecule has 0 bridgehead atoms. The van der Waals surface area contributed by atoms with Crippen molar-refractivity contribution in [2.45, 2.75) is 19.6 Å². The number of hydrogen-bond acceptors (Lipinski definition) is 9. The summed E-state index contributed by atoms with van der Waals surface area (Å²) < 4.78 is 38.6. The van der Waals surface area contributed by atoms with Gasteiger partial charge in [0, 0.05) is 37.9 Å². The van der Waals surface area contributed by atoms with E-state index in [1.54, 1.807) is 55.6 Å². The molecule has 0 amide bonds. The summed E-state index contributed by atoms with van der Waals surface area (Å²) in [7, 11) is 4.42. The van der Waals surface area contributed by atoms with Gasteiger partial charge < -0.3 is 23.5 Å². The highest BCUT2D eigenvalue weighted by Gasteiger charge is 2.17. The molecule has 0 unspecified atom stereocenters. The Morgan fingerprint density at radius 1 is 1.00 bits per heavy atom. The number of pyridine rings is 1. The maximum atomic E-state index is 15.4. The third-order valence-electron chi connectivity index (χ3n) is 6.55. The van der Waals surface area contributed by atoms with E-state index in [4.69, 9.17) is 35.5 Å². The Morgan fingerprint density at radius 3 is 2.62 bits per heavy atom. The van der Waals surface area contributed by atoms with E-state index >= 15 is 4.39 Å². The van der Waals surface area contributed by atoms with Crippen LogP contribution in [0.3, 0.4) is 0 Å². The van der Waals surface area contributed by atoms with Crippen molar-refractivity contribution in [3.05, 3.63) is 94.4 Å². The fraction of sp³-hybridized carbons (Fsp3) is 0.233. The average Bonchev–Trinajstić information content (AvgIpc) is 3.35. The largest absolute Gasteiger partial charge is 0.481 e. The van der Waals surface area contributed by atoms with Gasteiger partial charge in [0.1, 0.15) is 18.2 Å². The molecule has 2 aromatic carbocycles. The van der Waals surface area contributed by atoms with Gasteiger partial charge in [0.2, 0.25) is 17.0 Å². The Labute approximate surface area is 246 Å². The monoisotopic (exact) mass is 591 g/mol. The van der Waals surface area contributed by atoms with Crippen LogP contribution in [-0.4, -0.2) is 58.4 Å². The number of carbonyl (C=O) groups is 1. The van der Waals surface area contributed by atoms with Gasteiger partial charge in [0.25, 0.3) is 0 Å². The molecule has 5 rings (SSSR count). The first-order valence-electron chi connectivity index (χ1n) is 12.9. The smallest absolute Gasteiger partial charge is 0.337 e. The summed E-state index contributed by atoms with van der Waals surface area (Å²) >= 11 is 5.83. The number of nitrogens with zero attached hydrogens (tertiary/aromatic N) is 5. The number of halogens is 2. The maximum Gasteiger partial charge on any atom is 0.337 e. The van der Waals surface area contributed by atoms with Gasteiger partial charge in [-0.2, -0.15) is 4.98 Å². The van der Waals surface area contributed by atoms with Crippen molar-refractivity contribution in [2.75, 3.05) is 27.9 Å². The van der Waals surface area contributed by atoms with Crippen LogP contribution in [0.5, 0.6) is 11.8 Å². The van der Waals surface area contributed by atoms with Gasteiger partial charge in [-0.3, -0.25) is 0 Å². The molecule has 3 heterocycles. The zero-order valence-electron chi connectivity index (χ0n) is 23.1. The molecule has 5 aromatic rings. The van der Waals surface area contributed by atoms with Gasteiger partial charge >= 0.3 is 5.97 Å². The number of esters is 1. The minimum Gasteiger partial charge on any atom is -0.481 e. The summed E-state index contributed by atoms with van der Waals surface area (Å²) in [4.78, 5) is 29.3. The predicted octanol–water partition coefficient (Wildman–Crippen LogP) is 5.29. The van der Waals surface area contributed by atoms with Gasteiger partial charge in [-0.15, -0.1) is 0 Å². The molecule has 0 radical (unpaired) electrons. The highest BCUT2D eigenvalue weighted by molar-refractivity contribution is 6.28. The second-order valence-electron chi connectivity index (χ2n) is 9.17. The lowest BCUT2D eigenvalue weighted by atomic mass is 10.1. The molecule has 0 spiro atoms. The van der Waals surface area contributed by atoms with Crippen LogP contribution < -0.4 is 9.47 Å². The van der Waals surface area contributed by atoms with Crippen LogP contribution in [-0.2, 0) is 29.0 Å². The number of benzene rings is 2. The first-order valence-corrected chi connectivity index (χ1v) is 13.3. The highest BCUT2D eigenvalue weighted by Crippen LogP contribution is 2.26. The number of hydrogen-bond donors (Lipinski definition) is 0. The van der Waals surface area contributed by atoms with Crippen molar-refractivity contribution in [2.24, 2.45) is 0 Å². The fourth-order valence-corrected chi connectivity index (χ4v) is 4.58. The number of imidazole rings is 1. The standard InChI is InChI=1S/C30H27ClFN5O5/c1-39-12-11-37-25-14-20(29(38)41-3)9-10-24(25)34-26(37)15-18-7-8-19(13-22(18)32)23-5-4-6-27(35-23)42-17-21-16-33-30(31)36-28(21)40-2/h4-10,13-14,16H,11-12,15,17H2,1-3H3. The molecule has 0 fully saturated rings. The number of methoxy groups -OCH3 is 3. The molecule has 42 heavy (non-hydrogen) atoms. The predicted molar refractivity (Wildman–Crippen MR) is 153 cm³/mol. The van der Waals surface area contributed by atoms with Crippen LogP contribution in [0.1, 0.15) is 27.3 Å². The zero-order valence-corrected chi connectivity index (χ0v) is 23.9. The van der Waals surface area contributed by atoms with Crippen molar-refractivity contribution in [1.82, 2.24) is 24.5 Å². The SMILES string of the molecule is COCCn1c(Cc2ccc(-c3cccc(OCc4cnc(Cl)nc4OC)n3)cc2F)nc2ccc(C(=O)OC)cc21. The van der Waals surface area contributed by atoms with E-state index in [1.807, 2.05) is 4.57 Å². The fourth-order valence-electron chi connectivity index (χ4n) is 4.46. The molecule has 3 aromatic heterocycles. The molecule has 0 saturated heterocycles. The Kier molecular flexibility index (Phi) is 8.89. The van der Waals surface area contributed by atoms with Crippen LogP contribution in [0.15, 0.2) is 60.8 Å². The molecule has 0 N–H and O–H groups in total. The summed E-state index contributed by atoms with van der Waals surface area (Å²) in [5.41, 5.74) is 4.03. The summed E-state index contributed by atoms with van der Waals surface area (Å²) in [6.45, 7) is 1.01. The number of rotatable bonds is 11. The number of ether oxygens (including phenoxy) is 4. The number of carbonyl (C=O) groups excluding carboxylic acids is 1. The van der Waals surface area contributed by atoms with Crippen LogP contribution >= 0.6 is 11.6 Å². The number of aromatic nitrogens is 5. The third-order valence-corrected chi connectivity index (χ3v) is 6.73. The van der Waals surface area contributed by atoms with E-state index in [9.17, 15) is 4.79 Å². The van der Waals surface area contributed by atoms with E-state index < -0.39 is 11.8 Å². The quantitative estimate of drug-likeness (QED) is 0.149. The Bertz CT molecular complexity index is 1750. The average molecular weight is 592 g/mol. The van der Waals surface area contributed by atoms with E-state index in [1.165, 1.54) is 26.5 Å². The third kappa shape index (κ3) is 6.32. The van der Waals surface area contributed by atoms with Gasteiger partial charge in [0.05, 0.1) is 48.7 Å². The first-order chi connectivity index (χ1) is 20.4. The maximum absolute atomic E-state index is 15.4. The lowest BCUT2D eigenvalue weighted by Gasteiger charge is -2.11. The minimum atomic E-state index is -0.443.